The number of sulfone groups is 1. The van der Waals surface area contributed by atoms with Gasteiger partial charge < -0.3 is 10.2 Å². The molecule has 2 rings (SSSR count). The van der Waals surface area contributed by atoms with Crippen molar-refractivity contribution in [3.05, 3.63) is 28.7 Å². The molecule has 1 aromatic rings. The monoisotopic (exact) mass is 240 g/mol. The molecule has 1 aliphatic rings. The molecule has 0 radical (unpaired) electrons. The molecule has 5 heteroatoms. The molecular weight excluding hydrogens is 228 g/mol. The van der Waals surface area contributed by atoms with Crippen molar-refractivity contribution < 1.29 is 18.6 Å². The van der Waals surface area contributed by atoms with Crippen LogP contribution in [0.15, 0.2) is 28.0 Å². The number of rotatable bonds is 1. The molecule has 0 spiro atoms. The third-order valence-corrected chi connectivity index (χ3v) is 4.59. The van der Waals surface area contributed by atoms with Gasteiger partial charge in [0.05, 0.1) is 15.4 Å². The van der Waals surface area contributed by atoms with E-state index in [1.165, 1.54) is 38.1 Å². The maximum absolute atomic E-state index is 12.0. The van der Waals surface area contributed by atoms with Crippen LogP contribution >= 0.6 is 0 Å². The van der Waals surface area contributed by atoms with E-state index in [4.69, 9.17) is 0 Å². The number of aromatic hydroxyl groups is 1. The summed E-state index contributed by atoms with van der Waals surface area (Å²) in [5.74, 6) is -0.104. The van der Waals surface area contributed by atoms with Crippen LogP contribution in [0.3, 0.4) is 0 Å². The fourth-order valence-corrected chi connectivity index (χ4v) is 3.61. The predicted molar refractivity (Wildman–Crippen MR) is 59.6 cm³/mol. The Morgan fingerprint density at radius 1 is 1.25 bits per heavy atom. The Morgan fingerprint density at radius 3 is 2.44 bits per heavy atom. The van der Waals surface area contributed by atoms with Gasteiger partial charge in [-0.15, -0.1) is 0 Å². The predicted octanol–water partition coefficient (Wildman–Crippen LogP) is 1.29. The van der Waals surface area contributed by atoms with Crippen LogP contribution < -0.4 is 0 Å². The zero-order chi connectivity index (χ0) is 12.1. The van der Waals surface area contributed by atoms with Crippen LogP contribution in [0.1, 0.15) is 19.4 Å². The zero-order valence-electron chi connectivity index (χ0n) is 8.93. The van der Waals surface area contributed by atoms with Gasteiger partial charge in [-0.25, -0.2) is 8.42 Å². The molecule has 0 aliphatic carbocycles. The fraction of sp³-hybridized carbons (Fsp3) is 0.273. The lowest BCUT2D eigenvalue weighted by Crippen LogP contribution is -2.25. The smallest absolute Gasteiger partial charge is 0.206 e. The molecule has 16 heavy (non-hydrogen) atoms. The summed E-state index contributed by atoms with van der Waals surface area (Å²) < 4.78 is 24.1. The molecule has 0 bridgehead atoms. The molecule has 2 N–H and O–H groups in total. The van der Waals surface area contributed by atoms with Crippen molar-refractivity contribution in [2.45, 2.75) is 24.3 Å². The molecule has 1 aliphatic heterocycles. The highest BCUT2D eigenvalue weighted by Gasteiger charge is 2.38. The highest BCUT2D eigenvalue weighted by Crippen LogP contribution is 2.39. The Balaban J connectivity index is 2.70. The van der Waals surface area contributed by atoms with Crippen molar-refractivity contribution in [2.24, 2.45) is 0 Å². The summed E-state index contributed by atoms with van der Waals surface area (Å²) in [5, 5.41) is 19.1. The van der Waals surface area contributed by atoms with Crippen LogP contribution in [-0.4, -0.2) is 24.2 Å². The van der Waals surface area contributed by atoms with Crippen molar-refractivity contribution >= 4 is 15.9 Å². The van der Waals surface area contributed by atoms with Crippen LogP contribution in [0, 0.1) is 0 Å². The molecule has 0 fully saturated rings. The number of hydrogen-bond donors (Lipinski definition) is 2. The van der Waals surface area contributed by atoms with E-state index in [1.54, 1.807) is 0 Å². The van der Waals surface area contributed by atoms with E-state index in [2.05, 4.69) is 0 Å². The van der Waals surface area contributed by atoms with Gasteiger partial charge in [0, 0.05) is 0 Å². The van der Waals surface area contributed by atoms with Crippen molar-refractivity contribution in [2.75, 3.05) is 0 Å². The number of phenols is 1. The first kappa shape index (κ1) is 11.2. The Hall–Kier alpha value is -1.33. The average molecular weight is 240 g/mol. The second kappa shape index (κ2) is 3.09. The van der Waals surface area contributed by atoms with Crippen LogP contribution in [0.5, 0.6) is 5.75 Å². The van der Waals surface area contributed by atoms with Crippen molar-refractivity contribution in [1.29, 1.82) is 0 Å². The quantitative estimate of drug-likeness (QED) is 0.775. The van der Waals surface area contributed by atoms with E-state index >= 15 is 0 Å². The van der Waals surface area contributed by atoms with Gasteiger partial charge in [-0.3, -0.25) is 0 Å². The minimum Gasteiger partial charge on any atom is -0.508 e. The first-order chi connectivity index (χ1) is 7.23. The van der Waals surface area contributed by atoms with Gasteiger partial charge in [0.25, 0.3) is 0 Å². The molecule has 86 valence electrons. The molecule has 0 saturated heterocycles. The van der Waals surface area contributed by atoms with Gasteiger partial charge in [-0.05, 0) is 43.7 Å². The summed E-state index contributed by atoms with van der Waals surface area (Å²) in [6, 6.07) is 4.12. The van der Waals surface area contributed by atoms with Crippen LogP contribution in [0.2, 0.25) is 0 Å². The Kier molecular flexibility index (Phi) is 2.15. The number of phenolic OH excluding ortho intramolecular Hbond substituents is 1. The SMILES string of the molecule is CC(C)(O)C1=Cc2ccc(O)cc2S1(=O)=O. The van der Waals surface area contributed by atoms with E-state index in [9.17, 15) is 18.6 Å². The number of benzene rings is 1. The summed E-state index contributed by atoms with van der Waals surface area (Å²) in [4.78, 5) is 0.00484. The van der Waals surface area contributed by atoms with E-state index < -0.39 is 15.4 Å². The Morgan fingerprint density at radius 2 is 1.88 bits per heavy atom. The van der Waals surface area contributed by atoms with E-state index in [0.717, 1.165) is 0 Å². The molecule has 0 saturated carbocycles. The highest BCUT2D eigenvalue weighted by molar-refractivity contribution is 7.96. The maximum atomic E-state index is 12.0. The summed E-state index contributed by atoms with van der Waals surface area (Å²) in [6.45, 7) is 2.84. The molecule has 0 atom stereocenters. The molecule has 1 aromatic carbocycles. The van der Waals surface area contributed by atoms with Crippen LogP contribution in [0.4, 0.5) is 0 Å². The second-order valence-electron chi connectivity index (χ2n) is 4.29. The lowest BCUT2D eigenvalue weighted by molar-refractivity contribution is 0.129. The van der Waals surface area contributed by atoms with Crippen LogP contribution in [-0.2, 0) is 9.84 Å². The van der Waals surface area contributed by atoms with Gasteiger partial charge in [-0.2, -0.15) is 0 Å². The van der Waals surface area contributed by atoms with E-state index in [1.807, 2.05) is 0 Å². The van der Waals surface area contributed by atoms with Crippen molar-refractivity contribution in [3.63, 3.8) is 0 Å². The average Bonchev–Trinajstić information content (AvgIpc) is 2.38. The second-order valence-corrected chi connectivity index (χ2v) is 6.18. The minimum absolute atomic E-state index is 0.0411. The van der Waals surface area contributed by atoms with Gasteiger partial charge >= 0.3 is 0 Å². The topological polar surface area (TPSA) is 74.6 Å². The number of fused-ring (bicyclic) bond motifs is 1. The summed E-state index contributed by atoms with van der Waals surface area (Å²) in [6.07, 6.45) is 1.43. The van der Waals surface area contributed by atoms with Crippen molar-refractivity contribution in [1.82, 2.24) is 0 Å². The zero-order valence-corrected chi connectivity index (χ0v) is 9.75. The highest BCUT2D eigenvalue weighted by atomic mass is 32.2. The third kappa shape index (κ3) is 1.52. The van der Waals surface area contributed by atoms with Gasteiger partial charge in [0.15, 0.2) is 0 Å². The summed E-state index contributed by atoms with van der Waals surface area (Å²) >= 11 is 0. The summed E-state index contributed by atoms with van der Waals surface area (Å²) in [5.41, 5.74) is -0.928. The number of hydrogen-bond acceptors (Lipinski definition) is 4. The lowest BCUT2D eigenvalue weighted by Gasteiger charge is -2.18. The Labute approximate surface area is 93.8 Å². The van der Waals surface area contributed by atoms with Crippen molar-refractivity contribution in [3.8, 4) is 5.75 Å². The Bertz CT molecular complexity index is 576. The molecule has 0 aromatic heterocycles. The normalized spacial score (nSPS) is 18.1. The van der Waals surface area contributed by atoms with E-state index in [0.29, 0.717) is 5.56 Å². The molecular formula is C11H12O4S. The maximum Gasteiger partial charge on any atom is 0.206 e. The molecule has 1 heterocycles. The van der Waals surface area contributed by atoms with Gasteiger partial charge in [0.1, 0.15) is 5.75 Å². The number of aliphatic hydroxyl groups is 1. The third-order valence-electron chi connectivity index (χ3n) is 2.47. The lowest BCUT2D eigenvalue weighted by atomic mass is 10.1. The first-order valence-electron chi connectivity index (χ1n) is 4.75. The van der Waals surface area contributed by atoms with Crippen LogP contribution in [0.25, 0.3) is 6.08 Å². The fourth-order valence-electron chi connectivity index (χ4n) is 1.72. The largest absolute Gasteiger partial charge is 0.508 e. The van der Waals surface area contributed by atoms with Gasteiger partial charge in [0.2, 0.25) is 9.84 Å². The standard InChI is InChI=1S/C11H12O4S/c1-11(2,13)10-5-7-3-4-8(12)6-9(7)16(10,14)15/h3-6,12-13H,1-2H3. The summed E-state index contributed by atoms with van der Waals surface area (Å²) in [7, 11) is -3.68. The van der Waals surface area contributed by atoms with Gasteiger partial charge in [-0.1, -0.05) is 0 Å². The molecule has 0 amide bonds. The van der Waals surface area contributed by atoms with E-state index in [-0.39, 0.29) is 15.6 Å². The molecule has 0 unspecified atom stereocenters. The minimum atomic E-state index is -3.68. The first-order valence-corrected chi connectivity index (χ1v) is 6.24. The molecule has 4 nitrogen and oxygen atoms in total.